The Hall–Kier alpha value is -3.67. The summed E-state index contributed by atoms with van der Waals surface area (Å²) in [6.45, 7) is 6.28. The lowest BCUT2D eigenvalue weighted by Crippen LogP contribution is -2.30. The van der Waals surface area contributed by atoms with Crippen molar-refractivity contribution in [2.75, 3.05) is 13.2 Å². The fourth-order valence-electron chi connectivity index (χ4n) is 6.02. The van der Waals surface area contributed by atoms with Crippen LogP contribution in [0.2, 0.25) is 0 Å². The molecule has 0 saturated heterocycles. The zero-order chi connectivity index (χ0) is 43.0. The second-order valence-corrected chi connectivity index (χ2v) is 15.2. The number of allylic oxidation sites excluding steroid dienone is 16. The van der Waals surface area contributed by atoms with E-state index in [2.05, 4.69) is 118 Å². The topological polar surface area (TPSA) is 78.9 Å². The molecule has 0 aromatic rings. The van der Waals surface area contributed by atoms with Gasteiger partial charge in [-0.05, 0) is 103 Å². The number of rotatable bonds is 41. The van der Waals surface area contributed by atoms with Gasteiger partial charge in [0.15, 0.2) is 6.10 Å². The summed E-state index contributed by atoms with van der Waals surface area (Å²) >= 11 is 0. The average molecular weight is 819 g/mol. The van der Waals surface area contributed by atoms with E-state index >= 15 is 0 Å². The molecule has 0 fully saturated rings. The van der Waals surface area contributed by atoms with Crippen LogP contribution in [-0.2, 0) is 28.6 Å². The second kappa shape index (κ2) is 47.0. The van der Waals surface area contributed by atoms with Crippen molar-refractivity contribution in [3.05, 3.63) is 97.2 Å². The van der Waals surface area contributed by atoms with E-state index in [1.54, 1.807) is 0 Å². The van der Waals surface area contributed by atoms with Crippen LogP contribution in [0.25, 0.3) is 0 Å². The van der Waals surface area contributed by atoms with Gasteiger partial charge < -0.3 is 14.2 Å². The molecule has 0 heterocycles. The minimum atomic E-state index is -0.808. The Morgan fingerprint density at radius 1 is 0.356 bits per heavy atom. The van der Waals surface area contributed by atoms with E-state index in [4.69, 9.17) is 14.2 Å². The van der Waals surface area contributed by atoms with E-state index in [1.165, 1.54) is 38.5 Å². The highest BCUT2D eigenvalue weighted by Gasteiger charge is 2.19. The third-order valence-electron chi connectivity index (χ3n) is 9.55. The van der Waals surface area contributed by atoms with E-state index in [0.717, 1.165) is 116 Å². The molecule has 0 amide bonds. The molecule has 6 heteroatoms. The van der Waals surface area contributed by atoms with Crippen molar-refractivity contribution in [1.82, 2.24) is 0 Å². The van der Waals surface area contributed by atoms with E-state index in [0.29, 0.717) is 19.3 Å². The average Bonchev–Trinajstić information content (AvgIpc) is 3.23. The molecular formula is C53H86O6. The molecule has 0 spiro atoms. The van der Waals surface area contributed by atoms with E-state index in [9.17, 15) is 14.4 Å². The van der Waals surface area contributed by atoms with Crippen molar-refractivity contribution in [2.45, 2.75) is 207 Å². The molecule has 0 saturated carbocycles. The Kier molecular flexibility index (Phi) is 44.1. The molecule has 0 aromatic carbocycles. The highest BCUT2D eigenvalue weighted by atomic mass is 16.6. The van der Waals surface area contributed by atoms with Crippen molar-refractivity contribution in [2.24, 2.45) is 0 Å². The first-order valence-corrected chi connectivity index (χ1v) is 23.7. The van der Waals surface area contributed by atoms with Crippen LogP contribution in [0.15, 0.2) is 97.2 Å². The van der Waals surface area contributed by atoms with Gasteiger partial charge in [-0.15, -0.1) is 0 Å². The van der Waals surface area contributed by atoms with Gasteiger partial charge in [-0.1, -0.05) is 176 Å². The van der Waals surface area contributed by atoms with E-state index in [1.807, 2.05) is 0 Å². The molecule has 0 aliphatic carbocycles. The predicted octanol–water partition coefficient (Wildman–Crippen LogP) is 15.4. The SMILES string of the molecule is CC/C=C\C/C=C\C/C=C\C/C=C\C/C=C\CCCC(=O)OCC(COC(=O)CCCCCC/C=C\CCCC)OC(=O)CCCCCCCCC/C=C\C/C=C\CC. The zero-order valence-corrected chi connectivity index (χ0v) is 38.0. The first-order chi connectivity index (χ1) is 29.0. The molecule has 0 aliphatic rings. The Morgan fingerprint density at radius 2 is 0.678 bits per heavy atom. The van der Waals surface area contributed by atoms with Gasteiger partial charge in [-0.25, -0.2) is 0 Å². The molecule has 0 aromatic heterocycles. The minimum Gasteiger partial charge on any atom is -0.462 e. The largest absolute Gasteiger partial charge is 0.462 e. The smallest absolute Gasteiger partial charge is 0.306 e. The molecule has 0 N–H and O–H groups in total. The molecule has 1 unspecified atom stereocenters. The summed E-state index contributed by atoms with van der Waals surface area (Å²) in [5.74, 6) is -0.996. The summed E-state index contributed by atoms with van der Waals surface area (Å²) in [6.07, 6.45) is 61.1. The number of carbonyl (C=O) groups excluding carboxylic acids is 3. The Morgan fingerprint density at radius 3 is 1.12 bits per heavy atom. The standard InChI is InChI=1S/C53H86O6/c1-4-7-10-13-16-19-22-24-26-27-28-30-31-34-37-40-43-46-52(55)58-49-50(48-57-51(54)45-42-39-36-33-21-18-15-12-9-6-3)59-53(56)47-44-41-38-35-32-29-25-23-20-17-14-11-8-5-2/h7-8,10-11,15-20,24,26,28,30,34,37,50H,4-6,9,12-14,21-23,25,27,29,31-33,35-36,38-49H2,1-3H3/b10-7-,11-8-,18-15-,19-16-,20-17-,26-24-,30-28-,37-34-. The lowest BCUT2D eigenvalue weighted by molar-refractivity contribution is -0.167. The van der Waals surface area contributed by atoms with E-state index < -0.39 is 6.10 Å². The fourth-order valence-corrected chi connectivity index (χ4v) is 6.02. The monoisotopic (exact) mass is 819 g/mol. The molecule has 0 rings (SSSR count). The Balaban J connectivity index is 4.49. The van der Waals surface area contributed by atoms with Crippen LogP contribution in [-0.4, -0.2) is 37.2 Å². The van der Waals surface area contributed by atoms with Crippen LogP contribution in [0.3, 0.4) is 0 Å². The fraction of sp³-hybridized carbons (Fsp3) is 0.642. The lowest BCUT2D eigenvalue weighted by atomic mass is 10.1. The Bertz CT molecular complexity index is 1220. The van der Waals surface area contributed by atoms with Crippen molar-refractivity contribution in [3.8, 4) is 0 Å². The molecular weight excluding hydrogens is 733 g/mol. The van der Waals surface area contributed by atoms with Gasteiger partial charge in [0.05, 0.1) is 0 Å². The maximum Gasteiger partial charge on any atom is 0.306 e. The van der Waals surface area contributed by atoms with Crippen molar-refractivity contribution in [3.63, 3.8) is 0 Å². The molecule has 0 bridgehead atoms. The molecule has 1 atom stereocenters. The van der Waals surface area contributed by atoms with Crippen LogP contribution >= 0.6 is 0 Å². The number of ether oxygens (including phenoxy) is 3. The molecule has 334 valence electrons. The quantitative estimate of drug-likeness (QED) is 0.0265. The van der Waals surface area contributed by atoms with Crippen LogP contribution in [0.5, 0.6) is 0 Å². The molecule has 0 radical (unpaired) electrons. The zero-order valence-electron chi connectivity index (χ0n) is 38.0. The van der Waals surface area contributed by atoms with Gasteiger partial charge >= 0.3 is 17.9 Å². The van der Waals surface area contributed by atoms with Gasteiger partial charge in [-0.3, -0.25) is 14.4 Å². The highest BCUT2D eigenvalue weighted by molar-refractivity contribution is 5.71. The van der Waals surface area contributed by atoms with Crippen LogP contribution in [0, 0.1) is 0 Å². The number of carbonyl (C=O) groups is 3. The summed E-state index contributed by atoms with van der Waals surface area (Å²) < 4.78 is 16.7. The summed E-state index contributed by atoms with van der Waals surface area (Å²) in [4.78, 5) is 37.8. The number of hydrogen-bond acceptors (Lipinski definition) is 6. The first kappa shape index (κ1) is 55.3. The van der Waals surface area contributed by atoms with Gasteiger partial charge in [-0.2, -0.15) is 0 Å². The summed E-state index contributed by atoms with van der Waals surface area (Å²) in [7, 11) is 0. The third-order valence-corrected chi connectivity index (χ3v) is 9.55. The Labute approximate surface area is 362 Å². The van der Waals surface area contributed by atoms with Crippen LogP contribution < -0.4 is 0 Å². The molecule has 59 heavy (non-hydrogen) atoms. The molecule has 6 nitrogen and oxygen atoms in total. The van der Waals surface area contributed by atoms with Gasteiger partial charge in [0.2, 0.25) is 0 Å². The summed E-state index contributed by atoms with van der Waals surface area (Å²) in [5.41, 5.74) is 0. The number of hydrogen-bond donors (Lipinski definition) is 0. The maximum atomic E-state index is 12.7. The van der Waals surface area contributed by atoms with Gasteiger partial charge in [0.25, 0.3) is 0 Å². The normalized spacial score (nSPS) is 12.9. The lowest BCUT2D eigenvalue weighted by Gasteiger charge is -2.18. The summed E-state index contributed by atoms with van der Waals surface area (Å²) in [6, 6.07) is 0. The van der Waals surface area contributed by atoms with Gasteiger partial charge in [0.1, 0.15) is 13.2 Å². The van der Waals surface area contributed by atoms with Crippen molar-refractivity contribution in [1.29, 1.82) is 0 Å². The number of unbranched alkanes of at least 4 members (excludes halogenated alkanes) is 14. The van der Waals surface area contributed by atoms with Gasteiger partial charge in [0, 0.05) is 19.3 Å². The first-order valence-electron chi connectivity index (χ1n) is 23.7. The molecule has 0 aliphatic heterocycles. The van der Waals surface area contributed by atoms with Crippen molar-refractivity contribution >= 4 is 17.9 Å². The minimum absolute atomic E-state index is 0.106. The maximum absolute atomic E-state index is 12.7. The second-order valence-electron chi connectivity index (χ2n) is 15.2. The third kappa shape index (κ3) is 45.3. The van der Waals surface area contributed by atoms with E-state index in [-0.39, 0.29) is 37.5 Å². The van der Waals surface area contributed by atoms with Crippen LogP contribution in [0.4, 0.5) is 0 Å². The number of esters is 3. The van der Waals surface area contributed by atoms with Crippen molar-refractivity contribution < 1.29 is 28.6 Å². The highest BCUT2D eigenvalue weighted by Crippen LogP contribution is 2.13. The summed E-state index contributed by atoms with van der Waals surface area (Å²) in [5, 5.41) is 0. The van der Waals surface area contributed by atoms with Crippen LogP contribution in [0.1, 0.15) is 201 Å². The predicted molar refractivity (Wildman–Crippen MR) is 251 cm³/mol.